The van der Waals surface area contributed by atoms with Gasteiger partial charge < -0.3 is 20.1 Å². The summed E-state index contributed by atoms with van der Waals surface area (Å²) in [6.45, 7) is 0.194. The van der Waals surface area contributed by atoms with Crippen LogP contribution in [0, 0.1) is 70.0 Å². The van der Waals surface area contributed by atoms with E-state index < -0.39 is 83.3 Å². The van der Waals surface area contributed by atoms with Gasteiger partial charge in [-0.15, -0.1) is 0 Å². The van der Waals surface area contributed by atoms with E-state index in [-0.39, 0.29) is 37.8 Å². The topological polar surface area (TPSA) is 205 Å². The van der Waals surface area contributed by atoms with E-state index in [1.165, 1.54) is 0 Å². The van der Waals surface area contributed by atoms with Gasteiger partial charge >= 0.3 is 11.9 Å². The molecule has 6 aliphatic rings. The molecule has 0 heterocycles. The lowest BCUT2D eigenvalue weighted by molar-refractivity contribution is -0.162. The van der Waals surface area contributed by atoms with Crippen molar-refractivity contribution >= 4 is 35.6 Å². The Balaban J connectivity index is 1.25. The molecule has 13 heteroatoms. The monoisotopic (exact) mass is 721 g/mol. The molecule has 53 heavy (non-hydrogen) atoms. The highest BCUT2D eigenvalue weighted by Gasteiger charge is 2.58. The SMILES string of the molecule is N#CCCNC(=O)C1C2CCC(C(OC(=O)c3ccccc3)C2)C1C(=O)NC(=O)C1C2CCC(CC2OC(=O)c2ccccc2)C1C(=O)NCCC#N. The maximum absolute atomic E-state index is 14.4. The van der Waals surface area contributed by atoms with Gasteiger partial charge in [0.2, 0.25) is 23.6 Å². The van der Waals surface area contributed by atoms with Crippen molar-refractivity contribution in [1.82, 2.24) is 16.0 Å². The second-order valence-electron chi connectivity index (χ2n) is 14.4. The van der Waals surface area contributed by atoms with Crippen LogP contribution in [0.3, 0.4) is 0 Å². The number of hydrogen-bond donors (Lipinski definition) is 3. The standard InChI is InChI=1S/C40H43N5O8/c41-17-7-19-43-35(46)31-25-13-15-27(29(21-25)52-39(50)23-9-3-1-4-10-23)33(31)37(48)45-38(49)34-28-16-14-26(32(34)36(47)44-20-8-18-42)22-30(28)53-40(51)24-11-5-2-6-12-24/h1-6,9-12,25-34H,7-8,13-16,19-22H2,(H,43,46)(H,44,47)(H,45,48,49). The molecule has 3 N–H and O–H groups in total. The maximum Gasteiger partial charge on any atom is 0.338 e. The Morgan fingerprint density at radius 2 is 0.962 bits per heavy atom. The minimum absolute atomic E-state index is 0.0806. The number of rotatable bonds is 12. The summed E-state index contributed by atoms with van der Waals surface area (Å²) in [4.78, 5) is 82.3. The van der Waals surface area contributed by atoms with Crippen LogP contribution in [-0.4, -0.2) is 60.9 Å². The largest absolute Gasteiger partial charge is 0.458 e. The number of benzene rings is 2. The van der Waals surface area contributed by atoms with Gasteiger partial charge in [0.25, 0.3) is 0 Å². The molecule has 8 rings (SSSR count). The van der Waals surface area contributed by atoms with Crippen LogP contribution in [0.4, 0.5) is 0 Å². The Kier molecular flexibility index (Phi) is 11.8. The van der Waals surface area contributed by atoms with Gasteiger partial charge in [0.15, 0.2) is 0 Å². The number of nitrogens with one attached hydrogen (secondary N) is 3. The van der Waals surface area contributed by atoms with E-state index in [1.807, 2.05) is 12.1 Å². The number of carbonyl (C=O) groups excluding carboxylic acids is 6. The summed E-state index contributed by atoms with van der Waals surface area (Å²) in [7, 11) is 0. The van der Waals surface area contributed by atoms with Crippen molar-refractivity contribution in [2.75, 3.05) is 13.1 Å². The fraction of sp³-hybridized carbons (Fsp3) is 0.500. The van der Waals surface area contributed by atoms with Gasteiger partial charge in [-0.1, -0.05) is 36.4 Å². The van der Waals surface area contributed by atoms with Crippen molar-refractivity contribution < 1.29 is 38.2 Å². The lowest BCUT2D eigenvalue weighted by Gasteiger charge is -2.51. The van der Waals surface area contributed by atoms with Crippen LogP contribution in [0.25, 0.3) is 0 Å². The molecule has 2 aromatic rings. The van der Waals surface area contributed by atoms with Crippen LogP contribution < -0.4 is 16.0 Å². The molecule has 0 saturated heterocycles. The van der Waals surface area contributed by atoms with Gasteiger partial charge in [-0.25, -0.2) is 9.59 Å². The Hall–Kier alpha value is -5.56. The van der Waals surface area contributed by atoms with E-state index in [0.29, 0.717) is 49.7 Å². The highest BCUT2D eigenvalue weighted by Crippen LogP contribution is 2.52. The summed E-state index contributed by atoms with van der Waals surface area (Å²) in [6.07, 6.45) is 1.74. The summed E-state index contributed by atoms with van der Waals surface area (Å²) in [5, 5.41) is 26.2. The fourth-order valence-electron chi connectivity index (χ4n) is 9.27. The zero-order chi connectivity index (χ0) is 37.5. The normalized spacial score (nSPS) is 29.4. The third kappa shape index (κ3) is 8.10. The average molecular weight is 722 g/mol. The summed E-state index contributed by atoms with van der Waals surface area (Å²) < 4.78 is 11.9. The fourth-order valence-corrected chi connectivity index (χ4v) is 9.27. The summed E-state index contributed by atoms with van der Waals surface area (Å²) in [6, 6.07) is 20.9. The van der Waals surface area contributed by atoms with Crippen molar-refractivity contribution in [3.05, 3.63) is 71.8 Å². The Bertz CT molecular complexity index is 1660. The number of ether oxygens (including phenoxy) is 2. The number of amides is 4. The first-order valence-corrected chi connectivity index (χ1v) is 18.4. The predicted molar refractivity (Wildman–Crippen MR) is 187 cm³/mol. The van der Waals surface area contributed by atoms with E-state index in [9.17, 15) is 28.8 Å². The van der Waals surface area contributed by atoms with Crippen LogP contribution in [0.15, 0.2) is 60.7 Å². The first-order chi connectivity index (χ1) is 25.7. The maximum atomic E-state index is 14.4. The highest BCUT2D eigenvalue weighted by molar-refractivity contribution is 6.01. The number of imide groups is 1. The van der Waals surface area contributed by atoms with Crippen LogP contribution in [-0.2, 0) is 28.7 Å². The van der Waals surface area contributed by atoms with Gasteiger partial charge in [-0.3, -0.25) is 24.5 Å². The third-order valence-corrected chi connectivity index (χ3v) is 11.5. The van der Waals surface area contributed by atoms with Gasteiger partial charge in [-0.05, 0) is 74.6 Å². The second kappa shape index (κ2) is 16.8. The molecule has 6 saturated carbocycles. The van der Waals surface area contributed by atoms with Gasteiger partial charge in [0, 0.05) is 24.9 Å². The molecule has 276 valence electrons. The molecule has 6 fully saturated rings. The molecule has 2 aromatic carbocycles. The van der Waals surface area contributed by atoms with E-state index in [1.54, 1.807) is 60.7 Å². The zero-order valence-electron chi connectivity index (χ0n) is 29.3. The van der Waals surface area contributed by atoms with E-state index in [2.05, 4.69) is 16.0 Å². The molecule has 10 atom stereocenters. The minimum Gasteiger partial charge on any atom is -0.458 e. The van der Waals surface area contributed by atoms with Crippen LogP contribution in [0.1, 0.15) is 72.1 Å². The van der Waals surface area contributed by atoms with Crippen molar-refractivity contribution in [2.24, 2.45) is 47.3 Å². The summed E-state index contributed by atoms with van der Waals surface area (Å²) >= 11 is 0. The Labute approximate surface area is 307 Å². The molecular formula is C40H43N5O8. The van der Waals surface area contributed by atoms with E-state index >= 15 is 0 Å². The third-order valence-electron chi connectivity index (χ3n) is 11.5. The average Bonchev–Trinajstić information content (AvgIpc) is 3.18. The smallest absolute Gasteiger partial charge is 0.338 e. The molecule has 13 nitrogen and oxygen atoms in total. The molecule has 0 radical (unpaired) electrons. The molecule has 6 aliphatic carbocycles. The molecular weight excluding hydrogens is 678 g/mol. The Morgan fingerprint density at radius 3 is 1.34 bits per heavy atom. The van der Waals surface area contributed by atoms with Crippen LogP contribution in [0.2, 0.25) is 0 Å². The molecule has 0 spiro atoms. The lowest BCUT2D eigenvalue weighted by atomic mass is 9.56. The van der Waals surface area contributed by atoms with Crippen molar-refractivity contribution in [3.63, 3.8) is 0 Å². The first-order valence-electron chi connectivity index (χ1n) is 18.4. The molecule has 0 aliphatic heterocycles. The predicted octanol–water partition coefficient (Wildman–Crippen LogP) is 3.46. The zero-order valence-corrected chi connectivity index (χ0v) is 29.3. The van der Waals surface area contributed by atoms with Crippen molar-refractivity contribution in [3.8, 4) is 12.1 Å². The number of fused-ring (bicyclic) bond motifs is 6. The number of nitrogens with zero attached hydrogens (tertiary/aromatic N) is 2. The second-order valence-corrected chi connectivity index (χ2v) is 14.4. The molecule has 0 aromatic heterocycles. The highest BCUT2D eigenvalue weighted by atomic mass is 16.5. The first kappa shape index (κ1) is 37.2. The Morgan fingerprint density at radius 1 is 0.566 bits per heavy atom. The van der Waals surface area contributed by atoms with Crippen molar-refractivity contribution in [1.29, 1.82) is 10.5 Å². The van der Waals surface area contributed by atoms with Crippen molar-refractivity contribution in [2.45, 2.75) is 63.6 Å². The number of carbonyl (C=O) groups is 6. The van der Waals surface area contributed by atoms with E-state index in [0.717, 1.165) is 0 Å². The molecule has 10 unspecified atom stereocenters. The summed E-state index contributed by atoms with van der Waals surface area (Å²) in [5.41, 5.74) is 0.703. The number of nitriles is 2. The van der Waals surface area contributed by atoms with Crippen LogP contribution >= 0.6 is 0 Å². The summed E-state index contributed by atoms with van der Waals surface area (Å²) in [5.74, 6) is -8.83. The quantitative estimate of drug-likeness (QED) is 0.165. The van der Waals surface area contributed by atoms with Gasteiger partial charge in [0.1, 0.15) is 12.2 Å². The van der Waals surface area contributed by atoms with E-state index in [4.69, 9.17) is 20.0 Å². The van der Waals surface area contributed by atoms with Gasteiger partial charge in [-0.2, -0.15) is 10.5 Å². The number of esters is 2. The minimum atomic E-state index is -1.03. The molecule has 4 bridgehead atoms. The molecule has 4 amide bonds. The lowest BCUT2D eigenvalue weighted by Crippen LogP contribution is -2.61. The van der Waals surface area contributed by atoms with Crippen LogP contribution in [0.5, 0.6) is 0 Å². The van der Waals surface area contributed by atoms with Gasteiger partial charge in [0.05, 0.1) is 59.8 Å². The number of hydrogen-bond acceptors (Lipinski definition) is 10.